The fourth-order valence-corrected chi connectivity index (χ4v) is 2.76. The highest BCUT2D eigenvalue weighted by Gasteiger charge is 2.37. The lowest BCUT2D eigenvalue weighted by Gasteiger charge is -2.14. The third-order valence-corrected chi connectivity index (χ3v) is 4.51. The highest BCUT2D eigenvalue weighted by atomic mass is 32.2. The number of ether oxygens (including phenoxy) is 4. The van der Waals surface area contributed by atoms with Crippen molar-refractivity contribution in [3.63, 3.8) is 0 Å². The summed E-state index contributed by atoms with van der Waals surface area (Å²) in [5.74, 6) is -0.430. The number of hydrogen-bond acceptors (Lipinski definition) is 8. The molecule has 9 nitrogen and oxygen atoms in total. The molecule has 3 amide bonds. The molecular formula is C16H28N2O7S. The smallest absolute Gasteiger partial charge is 0.245 e. The summed E-state index contributed by atoms with van der Waals surface area (Å²) in [5.41, 5.74) is 0. The van der Waals surface area contributed by atoms with Crippen LogP contribution >= 0.6 is 11.8 Å². The highest BCUT2D eigenvalue weighted by Crippen LogP contribution is 2.22. The van der Waals surface area contributed by atoms with Gasteiger partial charge >= 0.3 is 0 Å². The van der Waals surface area contributed by atoms with Crippen molar-refractivity contribution < 1.29 is 33.3 Å². The summed E-state index contributed by atoms with van der Waals surface area (Å²) in [7, 11) is 1.55. The largest absolute Gasteiger partial charge is 0.377 e. The van der Waals surface area contributed by atoms with Gasteiger partial charge < -0.3 is 24.3 Å². The van der Waals surface area contributed by atoms with Gasteiger partial charge in [0.05, 0.1) is 58.0 Å². The molecule has 0 aliphatic carbocycles. The van der Waals surface area contributed by atoms with Crippen molar-refractivity contribution in [3.05, 3.63) is 0 Å². The molecule has 1 atom stereocenters. The molecule has 0 aromatic rings. The molecule has 0 aromatic carbocycles. The van der Waals surface area contributed by atoms with E-state index in [1.807, 2.05) is 6.26 Å². The predicted molar refractivity (Wildman–Crippen MR) is 96.0 cm³/mol. The van der Waals surface area contributed by atoms with Gasteiger partial charge in [0.2, 0.25) is 17.7 Å². The lowest BCUT2D eigenvalue weighted by molar-refractivity contribution is -0.139. The monoisotopic (exact) mass is 392 g/mol. The van der Waals surface area contributed by atoms with E-state index in [4.69, 9.17) is 18.9 Å². The first-order valence-corrected chi connectivity index (χ1v) is 9.77. The molecule has 0 saturated carbocycles. The number of likely N-dealkylation sites (N-methyl/N-ethyl adjacent to an activating group) is 1. The number of likely N-dealkylation sites (tertiary alicyclic amines) is 1. The standard InChI is InChI=1S/C16H28N2O7S/c1-17-14(19)12-25-10-9-24-8-7-23-6-5-22-4-3-18-15(20)11-13(26-2)16(18)21/h13H,3-12H2,1-2H3,(H,17,19). The molecule has 1 aliphatic heterocycles. The molecule has 0 aromatic heterocycles. The second-order valence-electron chi connectivity index (χ2n) is 5.37. The number of amides is 3. The summed E-state index contributed by atoms with van der Waals surface area (Å²) < 4.78 is 21.1. The normalized spacial score (nSPS) is 17.2. The summed E-state index contributed by atoms with van der Waals surface area (Å²) in [5, 5.41) is 2.21. The molecule has 0 bridgehead atoms. The van der Waals surface area contributed by atoms with Crippen LogP contribution in [0.3, 0.4) is 0 Å². The molecule has 1 heterocycles. The first kappa shape index (κ1) is 22.8. The summed E-state index contributed by atoms with van der Waals surface area (Å²) in [4.78, 5) is 35.7. The Morgan fingerprint density at radius 3 is 2.08 bits per heavy atom. The van der Waals surface area contributed by atoms with E-state index in [0.29, 0.717) is 46.2 Å². The Morgan fingerprint density at radius 2 is 1.58 bits per heavy atom. The Bertz CT molecular complexity index is 450. The van der Waals surface area contributed by atoms with E-state index < -0.39 is 0 Å². The van der Waals surface area contributed by atoms with Crippen LogP contribution in [-0.4, -0.2) is 101 Å². The lowest BCUT2D eigenvalue weighted by atomic mass is 10.4. The van der Waals surface area contributed by atoms with Gasteiger partial charge in [-0.2, -0.15) is 11.8 Å². The molecule has 1 N–H and O–H groups in total. The van der Waals surface area contributed by atoms with E-state index >= 15 is 0 Å². The second kappa shape index (κ2) is 13.9. The zero-order chi connectivity index (χ0) is 19.2. The predicted octanol–water partition coefficient (Wildman–Crippen LogP) is -0.711. The Kier molecular flexibility index (Phi) is 12.2. The fourth-order valence-electron chi connectivity index (χ4n) is 2.12. The van der Waals surface area contributed by atoms with Gasteiger partial charge in [-0.1, -0.05) is 0 Å². The van der Waals surface area contributed by atoms with Gasteiger partial charge in [-0.15, -0.1) is 0 Å². The van der Waals surface area contributed by atoms with Crippen molar-refractivity contribution in [2.75, 3.05) is 72.7 Å². The van der Waals surface area contributed by atoms with E-state index in [1.165, 1.54) is 16.7 Å². The summed E-state index contributed by atoms with van der Waals surface area (Å²) in [6.45, 7) is 3.01. The van der Waals surface area contributed by atoms with Crippen LogP contribution in [0.5, 0.6) is 0 Å². The molecule has 1 aliphatic rings. The van der Waals surface area contributed by atoms with E-state index in [1.54, 1.807) is 7.05 Å². The van der Waals surface area contributed by atoms with Gasteiger partial charge in [-0.25, -0.2) is 0 Å². The average molecular weight is 392 g/mol. The van der Waals surface area contributed by atoms with Crippen molar-refractivity contribution in [3.8, 4) is 0 Å². The molecule has 26 heavy (non-hydrogen) atoms. The Hall–Kier alpha value is -1.20. The molecule has 150 valence electrons. The van der Waals surface area contributed by atoms with Crippen LogP contribution in [0.15, 0.2) is 0 Å². The first-order valence-electron chi connectivity index (χ1n) is 8.48. The molecule has 0 radical (unpaired) electrons. The third-order valence-electron chi connectivity index (χ3n) is 3.57. The Morgan fingerprint density at radius 1 is 1.04 bits per heavy atom. The van der Waals surface area contributed by atoms with E-state index in [2.05, 4.69) is 5.32 Å². The van der Waals surface area contributed by atoms with Crippen LogP contribution < -0.4 is 5.32 Å². The van der Waals surface area contributed by atoms with E-state index in [9.17, 15) is 14.4 Å². The minimum atomic E-state index is -0.250. The fraction of sp³-hybridized carbons (Fsp3) is 0.812. The molecule has 0 spiro atoms. The molecule has 1 unspecified atom stereocenters. The number of imide groups is 1. The summed E-state index contributed by atoms with van der Waals surface area (Å²) in [6, 6.07) is 0. The van der Waals surface area contributed by atoms with Crippen LogP contribution in [0.2, 0.25) is 0 Å². The number of thioether (sulfide) groups is 1. The van der Waals surface area contributed by atoms with Gasteiger partial charge in [-0.05, 0) is 6.26 Å². The zero-order valence-electron chi connectivity index (χ0n) is 15.4. The van der Waals surface area contributed by atoms with Gasteiger partial charge in [0, 0.05) is 13.5 Å². The Labute approximate surface area is 158 Å². The van der Waals surface area contributed by atoms with Crippen LogP contribution in [0.4, 0.5) is 0 Å². The quantitative estimate of drug-likeness (QED) is 0.288. The second-order valence-corrected chi connectivity index (χ2v) is 6.42. The number of carbonyl (C=O) groups excluding carboxylic acids is 3. The van der Waals surface area contributed by atoms with E-state index in [-0.39, 0.29) is 42.5 Å². The van der Waals surface area contributed by atoms with Crippen LogP contribution in [0.1, 0.15) is 6.42 Å². The van der Waals surface area contributed by atoms with Crippen molar-refractivity contribution in [2.45, 2.75) is 11.7 Å². The summed E-state index contributed by atoms with van der Waals surface area (Å²) in [6.07, 6.45) is 2.11. The highest BCUT2D eigenvalue weighted by molar-refractivity contribution is 8.00. The number of nitrogens with one attached hydrogen (secondary N) is 1. The van der Waals surface area contributed by atoms with Gasteiger partial charge in [0.15, 0.2) is 0 Å². The van der Waals surface area contributed by atoms with Gasteiger partial charge in [0.1, 0.15) is 6.61 Å². The summed E-state index contributed by atoms with van der Waals surface area (Å²) >= 11 is 1.40. The average Bonchev–Trinajstić information content (AvgIpc) is 2.92. The number of rotatable bonds is 15. The molecule has 1 rings (SSSR count). The maximum absolute atomic E-state index is 11.9. The van der Waals surface area contributed by atoms with Crippen LogP contribution in [0.25, 0.3) is 0 Å². The minimum Gasteiger partial charge on any atom is -0.377 e. The Balaban J connectivity index is 1.86. The van der Waals surface area contributed by atoms with Crippen molar-refractivity contribution in [1.82, 2.24) is 10.2 Å². The van der Waals surface area contributed by atoms with Crippen molar-refractivity contribution in [1.29, 1.82) is 0 Å². The number of hydrogen-bond donors (Lipinski definition) is 1. The topological polar surface area (TPSA) is 103 Å². The number of nitrogens with zero attached hydrogens (tertiary/aromatic N) is 1. The van der Waals surface area contributed by atoms with Crippen molar-refractivity contribution in [2.24, 2.45) is 0 Å². The van der Waals surface area contributed by atoms with Crippen LogP contribution in [-0.2, 0) is 33.3 Å². The lowest BCUT2D eigenvalue weighted by Crippen LogP contribution is -2.34. The van der Waals surface area contributed by atoms with Crippen LogP contribution in [0, 0.1) is 0 Å². The maximum Gasteiger partial charge on any atom is 0.245 e. The number of carbonyl (C=O) groups is 3. The molecular weight excluding hydrogens is 364 g/mol. The maximum atomic E-state index is 11.9. The van der Waals surface area contributed by atoms with E-state index in [0.717, 1.165) is 0 Å². The van der Waals surface area contributed by atoms with Gasteiger partial charge in [-0.3, -0.25) is 19.3 Å². The molecule has 10 heteroatoms. The molecule has 1 saturated heterocycles. The molecule has 1 fully saturated rings. The zero-order valence-corrected chi connectivity index (χ0v) is 16.2. The first-order chi connectivity index (χ1) is 12.6. The SMILES string of the molecule is CNC(=O)COCCOCCOCCOCCN1C(=O)CC(SC)C1=O. The third kappa shape index (κ3) is 8.95. The van der Waals surface area contributed by atoms with Crippen molar-refractivity contribution >= 4 is 29.5 Å². The van der Waals surface area contributed by atoms with Gasteiger partial charge in [0.25, 0.3) is 0 Å². The minimum absolute atomic E-state index is 0.0280.